The number of carbonyl (C=O) groups is 2. The molecule has 0 aromatic heterocycles. The van der Waals surface area contributed by atoms with Crippen molar-refractivity contribution in [1.82, 2.24) is 5.32 Å². The molecule has 0 rings (SSSR count). The minimum Gasteiger partial charge on any atom is -0.463 e. The van der Waals surface area contributed by atoms with Gasteiger partial charge in [0.1, 0.15) is 12.7 Å². The monoisotopic (exact) mass is 890 g/mol. The van der Waals surface area contributed by atoms with Gasteiger partial charge >= 0.3 is 13.8 Å². The first kappa shape index (κ1) is 58.6. The third kappa shape index (κ3) is 48.5. The fraction of sp³-hybridized carbons (Fsp3) is 0.472. The second kappa shape index (κ2) is 47.1. The van der Waals surface area contributed by atoms with Crippen molar-refractivity contribution >= 4 is 19.7 Å². The molecule has 0 saturated heterocycles. The molecule has 0 fully saturated rings. The highest BCUT2D eigenvalue weighted by Gasteiger charge is 2.23. The normalized spacial score (nSPS) is 14.7. The Bertz CT molecular complexity index is 1570. The number of carbonyl (C=O) groups excluding carboxylic acids is 2. The number of aliphatic hydroxyl groups excluding tert-OH is 1. The lowest BCUT2D eigenvalue weighted by atomic mass is 10.1. The highest BCUT2D eigenvalue weighted by atomic mass is 31.2. The predicted molar refractivity (Wildman–Crippen MR) is 265 cm³/mol. The number of ether oxygens (including phenoxy) is 1. The third-order valence-electron chi connectivity index (χ3n) is 8.49. The van der Waals surface area contributed by atoms with E-state index < -0.39 is 33.1 Å². The van der Waals surface area contributed by atoms with Crippen LogP contribution in [0.3, 0.4) is 0 Å². The number of hydrogen-bond acceptors (Lipinski definition) is 7. The van der Waals surface area contributed by atoms with Gasteiger partial charge in [-0.15, -0.1) is 0 Å². The molecule has 9 nitrogen and oxygen atoms in total. The number of rotatable bonds is 40. The van der Waals surface area contributed by atoms with Gasteiger partial charge in [0, 0.05) is 13.0 Å². The molecule has 0 aliphatic rings. The van der Waals surface area contributed by atoms with Gasteiger partial charge in [0.2, 0.25) is 5.91 Å². The van der Waals surface area contributed by atoms with Gasteiger partial charge in [-0.3, -0.25) is 18.6 Å². The van der Waals surface area contributed by atoms with Crippen LogP contribution in [0.15, 0.2) is 158 Å². The number of phosphoric ester groups is 1. The van der Waals surface area contributed by atoms with Crippen molar-refractivity contribution in [1.29, 1.82) is 0 Å². The minimum absolute atomic E-state index is 0.0347. The number of nitrogens with one attached hydrogen (secondary N) is 1. The molecular formula is C53H80NO8P. The first-order valence-corrected chi connectivity index (χ1v) is 24.5. The molecule has 2 atom stereocenters. The molecule has 0 saturated carbocycles. The van der Waals surface area contributed by atoms with E-state index in [1.807, 2.05) is 12.2 Å². The molecule has 0 bridgehead atoms. The molecule has 2 unspecified atom stereocenters. The van der Waals surface area contributed by atoms with Crippen LogP contribution in [0.4, 0.5) is 0 Å². The average molecular weight is 890 g/mol. The van der Waals surface area contributed by atoms with Crippen LogP contribution < -0.4 is 5.32 Å². The lowest BCUT2D eigenvalue weighted by Gasteiger charge is -2.15. The van der Waals surface area contributed by atoms with Crippen molar-refractivity contribution in [2.75, 3.05) is 26.4 Å². The molecule has 1 amide bonds. The second-order valence-electron chi connectivity index (χ2n) is 14.3. The Morgan fingerprint density at radius 2 is 0.873 bits per heavy atom. The second-order valence-corrected chi connectivity index (χ2v) is 15.7. The zero-order chi connectivity index (χ0) is 46.0. The molecule has 0 aromatic carbocycles. The molecule has 0 aromatic rings. The summed E-state index contributed by atoms with van der Waals surface area (Å²) in [7, 11) is -4.47. The molecular weight excluding hydrogens is 810 g/mol. The number of allylic oxidation sites excluding steroid dienone is 25. The van der Waals surface area contributed by atoms with Crippen LogP contribution in [0.25, 0.3) is 0 Å². The minimum atomic E-state index is -4.47. The van der Waals surface area contributed by atoms with Crippen LogP contribution in [0.5, 0.6) is 0 Å². The van der Waals surface area contributed by atoms with Crippen molar-refractivity contribution in [2.24, 2.45) is 0 Å². The summed E-state index contributed by atoms with van der Waals surface area (Å²) in [6, 6.07) is 0. The number of esters is 1. The van der Waals surface area contributed by atoms with Crippen LogP contribution in [0.1, 0.15) is 129 Å². The van der Waals surface area contributed by atoms with Crippen LogP contribution in [-0.4, -0.2) is 54.3 Å². The number of aliphatic hydroxyl groups is 1. The molecule has 10 heteroatoms. The van der Waals surface area contributed by atoms with E-state index in [-0.39, 0.29) is 25.5 Å². The zero-order valence-electron chi connectivity index (χ0n) is 38.4. The summed E-state index contributed by atoms with van der Waals surface area (Å²) in [6.07, 6.45) is 69.2. The Hall–Kier alpha value is -4.37. The quantitative estimate of drug-likeness (QED) is 0.0240. The fourth-order valence-corrected chi connectivity index (χ4v) is 5.87. The van der Waals surface area contributed by atoms with Crippen molar-refractivity contribution in [2.45, 2.75) is 136 Å². The highest BCUT2D eigenvalue weighted by Crippen LogP contribution is 2.42. The molecule has 0 aliphatic heterocycles. The summed E-state index contributed by atoms with van der Waals surface area (Å²) in [4.78, 5) is 33.9. The maximum atomic E-state index is 12.1. The standard InChI is InChI=1S/C53H80NO8P/c1-3-5-7-9-11-13-15-17-19-21-23-25-27-29-31-33-35-37-39-41-43-45-52(56)54-47-48-61-63(58,59)62-50-51(55)49-60-53(57)46-44-42-40-38-36-34-32-30-28-26-24-22-20-18-16-14-12-10-8-6-4-2/h5-8,11-14,17-20,23-26,29-32,35-38,42,44,51,55H,3-4,9-10,15-16,21-22,27-28,33-34,39-41,43,45-50H2,1-2H3,(H,54,56)(H,58,59)/b7-5-,8-6-,13-11-,14-12-,19-17-,20-18-,25-23-,26-24-,31-29-,32-30-,37-35-,38-36-,44-42-. The summed E-state index contributed by atoms with van der Waals surface area (Å²) in [5.74, 6) is -0.711. The van der Waals surface area contributed by atoms with Gasteiger partial charge in [0.25, 0.3) is 0 Å². The van der Waals surface area contributed by atoms with Gasteiger partial charge in [0.05, 0.1) is 19.6 Å². The number of unbranched alkanes of at least 4 members (excludes halogenated alkanes) is 2. The van der Waals surface area contributed by atoms with Crippen molar-refractivity contribution in [3.8, 4) is 0 Å². The van der Waals surface area contributed by atoms with E-state index in [0.717, 1.165) is 96.3 Å². The average Bonchev–Trinajstić information content (AvgIpc) is 3.27. The molecule has 0 spiro atoms. The first-order valence-electron chi connectivity index (χ1n) is 23.0. The largest absolute Gasteiger partial charge is 0.472 e. The van der Waals surface area contributed by atoms with Gasteiger partial charge in [0.15, 0.2) is 0 Å². The maximum Gasteiger partial charge on any atom is 0.472 e. The first-order chi connectivity index (χ1) is 30.8. The summed E-state index contributed by atoms with van der Waals surface area (Å²) < 4.78 is 26.8. The molecule has 0 aliphatic carbocycles. The van der Waals surface area contributed by atoms with Crippen LogP contribution >= 0.6 is 7.82 Å². The highest BCUT2D eigenvalue weighted by molar-refractivity contribution is 7.47. The van der Waals surface area contributed by atoms with Crippen molar-refractivity contribution < 1.29 is 37.9 Å². The number of hydrogen-bond donors (Lipinski definition) is 3. The van der Waals surface area contributed by atoms with Crippen LogP contribution in [0, 0.1) is 0 Å². The van der Waals surface area contributed by atoms with E-state index in [9.17, 15) is 24.2 Å². The summed E-state index contributed by atoms with van der Waals surface area (Å²) in [6.45, 7) is 3.11. The van der Waals surface area contributed by atoms with E-state index in [1.165, 1.54) is 0 Å². The predicted octanol–water partition coefficient (Wildman–Crippen LogP) is 13.4. The summed E-state index contributed by atoms with van der Waals surface area (Å²) >= 11 is 0. The fourth-order valence-electron chi connectivity index (χ4n) is 5.11. The Labute approximate surface area is 381 Å². The molecule has 0 heterocycles. The van der Waals surface area contributed by atoms with Gasteiger partial charge in [-0.25, -0.2) is 4.57 Å². The Balaban J connectivity index is 3.83. The smallest absolute Gasteiger partial charge is 0.463 e. The number of phosphoric acid groups is 1. The van der Waals surface area contributed by atoms with Gasteiger partial charge < -0.3 is 20.1 Å². The topological polar surface area (TPSA) is 131 Å². The van der Waals surface area contributed by atoms with E-state index >= 15 is 0 Å². The van der Waals surface area contributed by atoms with Crippen LogP contribution in [0.2, 0.25) is 0 Å². The van der Waals surface area contributed by atoms with E-state index in [2.05, 4.69) is 159 Å². The maximum absolute atomic E-state index is 12.1. The lowest BCUT2D eigenvalue weighted by molar-refractivity contribution is -0.146. The zero-order valence-corrected chi connectivity index (χ0v) is 39.3. The van der Waals surface area contributed by atoms with Gasteiger partial charge in [-0.2, -0.15) is 0 Å². The van der Waals surface area contributed by atoms with Gasteiger partial charge in [-0.1, -0.05) is 172 Å². The van der Waals surface area contributed by atoms with Crippen molar-refractivity contribution in [3.63, 3.8) is 0 Å². The SMILES string of the molecule is CC/C=C\C/C=C\C/C=C\C/C=C\C/C=C\C/C=C\C/C=C\CC(=O)OCC(O)COP(=O)(O)OCCNC(=O)CCCC/C=C\C/C=C\C/C=C\C/C=C\C/C=C\C/C=C\CC. The molecule has 350 valence electrons. The Kier molecular flexibility index (Phi) is 43.8. The van der Waals surface area contributed by atoms with Crippen LogP contribution in [-0.2, 0) is 27.9 Å². The Morgan fingerprint density at radius 1 is 0.508 bits per heavy atom. The molecule has 3 N–H and O–H groups in total. The summed E-state index contributed by atoms with van der Waals surface area (Å²) in [5.41, 5.74) is 0. The van der Waals surface area contributed by atoms with E-state index in [4.69, 9.17) is 13.8 Å². The third-order valence-corrected chi connectivity index (χ3v) is 9.47. The summed E-state index contributed by atoms with van der Waals surface area (Å²) in [5, 5.41) is 12.7. The number of amides is 1. The van der Waals surface area contributed by atoms with E-state index in [1.54, 1.807) is 6.08 Å². The van der Waals surface area contributed by atoms with E-state index in [0.29, 0.717) is 12.8 Å². The van der Waals surface area contributed by atoms with Crippen molar-refractivity contribution in [3.05, 3.63) is 158 Å². The van der Waals surface area contributed by atoms with Gasteiger partial charge in [-0.05, 0) is 103 Å². The lowest BCUT2D eigenvalue weighted by Crippen LogP contribution is -2.27. The Morgan fingerprint density at radius 3 is 1.27 bits per heavy atom. The molecule has 63 heavy (non-hydrogen) atoms. The molecule has 0 radical (unpaired) electrons.